The van der Waals surface area contributed by atoms with E-state index < -0.39 is 23.7 Å². The van der Waals surface area contributed by atoms with Crippen LogP contribution in [0.1, 0.15) is 37.9 Å². The third-order valence-corrected chi connectivity index (χ3v) is 10.7. The molecule has 0 fully saturated rings. The largest absolute Gasteiger partial charge is 0.242 e. The summed E-state index contributed by atoms with van der Waals surface area (Å²) in [6, 6.07) is 49.0. The molecule has 0 heterocycles. The highest BCUT2D eigenvalue weighted by Crippen LogP contribution is 2.37. The average molecular weight is 548 g/mol. The molecule has 0 bridgehead atoms. The number of hydrogen-bond acceptors (Lipinski definition) is 1. The van der Waals surface area contributed by atoms with Crippen molar-refractivity contribution in [3.05, 3.63) is 151 Å². The molecule has 0 saturated carbocycles. The van der Waals surface area contributed by atoms with Crippen molar-refractivity contribution >= 4 is 34.8 Å². The molecular formula is C35H34NOPS. The molecule has 0 radical (unpaired) electrons. The van der Waals surface area contributed by atoms with Gasteiger partial charge in [0.15, 0.2) is 0 Å². The highest BCUT2D eigenvalue weighted by molar-refractivity contribution is 7.84. The predicted octanol–water partition coefficient (Wildman–Crippen LogP) is 7.25. The Labute approximate surface area is 236 Å². The first-order valence-corrected chi connectivity index (χ1v) is 15.7. The quantitative estimate of drug-likeness (QED) is 0.204. The molecule has 0 saturated heterocycles. The molecule has 0 aromatic heterocycles. The first-order valence-electron chi connectivity index (χ1n) is 13.2. The van der Waals surface area contributed by atoms with Gasteiger partial charge in [-0.15, -0.1) is 0 Å². The zero-order chi connectivity index (χ0) is 27.2. The van der Waals surface area contributed by atoms with E-state index in [-0.39, 0.29) is 6.04 Å². The molecule has 2 nitrogen and oxygen atoms in total. The van der Waals surface area contributed by atoms with Gasteiger partial charge in [-0.2, -0.15) is 0 Å². The molecule has 39 heavy (non-hydrogen) atoms. The smallest absolute Gasteiger partial charge is 0.0979 e. The van der Waals surface area contributed by atoms with E-state index in [0.717, 1.165) is 11.1 Å². The summed E-state index contributed by atoms with van der Waals surface area (Å²) in [4.78, 5) is 0. The molecule has 5 aromatic rings. The zero-order valence-electron chi connectivity index (χ0n) is 22.6. The van der Waals surface area contributed by atoms with Crippen molar-refractivity contribution in [2.75, 3.05) is 0 Å². The Kier molecular flexibility index (Phi) is 8.53. The maximum absolute atomic E-state index is 13.5. The lowest BCUT2D eigenvalue weighted by atomic mass is 9.97. The SMILES string of the molecule is CC(C)(C)[S@](=O)N[C@@H](c1ccc(-c2ccccc2)cc1)c1ccccc1P(c1ccccc1)c1ccccc1. The van der Waals surface area contributed by atoms with Crippen LogP contribution in [-0.4, -0.2) is 8.96 Å². The minimum absolute atomic E-state index is 0.233. The normalized spacial score (nSPS) is 13.2. The lowest BCUT2D eigenvalue weighted by Crippen LogP contribution is -2.38. The highest BCUT2D eigenvalue weighted by Gasteiger charge is 2.28. The van der Waals surface area contributed by atoms with Crippen molar-refractivity contribution in [3.63, 3.8) is 0 Å². The predicted molar refractivity (Wildman–Crippen MR) is 170 cm³/mol. The summed E-state index contributed by atoms with van der Waals surface area (Å²) >= 11 is 0. The van der Waals surface area contributed by atoms with Crippen LogP contribution in [0.2, 0.25) is 0 Å². The molecule has 0 aliphatic heterocycles. The average Bonchev–Trinajstić information content (AvgIpc) is 2.97. The van der Waals surface area contributed by atoms with E-state index in [2.05, 4.69) is 138 Å². The monoisotopic (exact) mass is 547 g/mol. The summed E-state index contributed by atoms with van der Waals surface area (Å²) in [6.07, 6.45) is 0. The molecule has 4 heteroatoms. The number of nitrogens with one attached hydrogen (secondary N) is 1. The van der Waals surface area contributed by atoms with Crippen LogP contribution in [0.5, 0.6) is 0 Å². The summed E-state index contributed by atoms with van der Waals surface area (Å²) in [5.74, 6) is 0. The van der Waals surface area contributed by atoms with Crippen LogP contribution >= 0.6 is 7.92 Å². The summed E-state index contributed by atoms with van der Waals surface area (Å²) < 4.78 is 16.7. The summed E-state index contributed by atoms with van der Waals surface area (Å²) in [6.45, 7) is 6.04. The second-order valence-corrected chi connectivity index (χ2v) is 14.7. The Morgan fingerprint density at radius 3 is 1.59 bits per heavy atom. The van der Waals surface area contributed by atoms with Crippen LogP contribution in [0.3, 0.4) is 0 Å². The van der Waals surface area contributed by atoms with E-state index in [1.165, 1.54) is 27.0 Å². The van der Waals surface area contributed by atoms with Gasteiger partial charge >= 0.3 is 0 Å². The van der Waals surface area contributed by atoms with Crippen molar-refractivity contribution in [1.29, 1.82) is 0 Å². The van der Waals surface area contributed by atoms with E-state index in [9.17, 15) is 4.21 Å². The second-order valence-electron chi connectivity index (χ2n) is 10.5. The standard InChI is InChI=1S/C35H34NOPS/c1-35(2,3)39(37)36-34(29-25-23-28(24-26-29)27-15-7-4-8-16-27)32-21-13-14-22-33(32)38(30-17-9-5-10-18-30)31-19-11-6-12-20-31/h4-26,34,36H,1-3H3/t34-,39-/m0/s1. The van der Waals surface area contributed by atoms with Gasteiger partial charge in [0.1, 0.15) is 0 Å². The lowest BCUT2D eigenvalue weighted by Gasteiger charge is -2.29. The van der Waals surface area contributed by atoms with E-state index in [0.29, 0.717) is 0 Å². The first-order chi connectivity index (χ1) is 18.9. The number of hydrogen-bond donors (Lipinski definition) is 1. The molecule has 5 aromatic carbocycles. The van der Waals surface area contributed by atoms with Crippen LogP contribution in [0.25, 0.3) is 11.1 Å². The van der Waals surface area contributed by atoms with Gasteiger partial charge in [-0.05, 0) is 66.9 Å². The Morgan fingerprint density at radius 2 is 1.05 bits per heavy atom. The van der Waals surface area contributed by atoms with Crippen molar-refractivity contribution < 1.29 is 4.21 Å². The Balaban J connectivity index is 1.64. The van der Waals surface area contributed by atoms with Gasteiger partial charge in [-0.25, -0.2) is 8.93 Å². The minimum atomic E-state index is -1.26. The lowest BCUT2D eigenvalue weighted by molar-refractivity contribution is 0.624. The molecular weight excluding hydrogens is 513 g/mol. The van der Waals surface area contributed by atoms with Gasteiger partial charge in [0.2, 0.25) is 0 Å². The molecule has 5 rings (SSSR count). The summed E-state index contributed by atoms with van der Waals surface area (Å²) in [5.41, 5.74) is 4.60. The van der Waals surface area contributed by atoms with Crippen LogP contribution in [0, 0.1) is 0 Å². The summed E-state index contributed by atoms with van der Waals surface area (Å²) in [5, 5.41) is 3.85. The van der Waals surface area contributed by atoms with Gasteiger partial charge in [-0.3, -0.25) is 0 Å². The molecule has 0 spiro atoms. The fraction of sp³-hybridized carbons (Fsp3) is 0.143. The Hall–Kier alpha value is -3.36. The third-order valence-electron chi connectivity index (χ3n) is 6.65. The zero-order valence-corrected chi connectivity index (χ0v) is 24.3. The highest BCUT2D eigenvalue weighted by atomic mass is 32.2. The fourth-order valence-corrected chi connectivity index (χ4v) is 7.93. The maximum atomic E-state index is 13.5. The van der Waals surface area contributed by atoms with Gasteiger partial charge in [-0.1, -0.05) is 140 Å². The van der Waals surface area contributed by atoms with E-state index >= 15 is 0 Å². The fourth-order valence-electron chi connectivity index (χ4n) is 4.61. The van der Waals surface area contributed by atoms with Gasteiger partial charge in [0.05, 0.1) is 21.8 Å². The molecule has 196 valence electrons. The Morgan fingerprint density at radius 1 is 0.590 bits per heavy atom. The van der Waals surface area contributed by atoms with Crippen molar-refractivity contribution in [3.8, 4) is 11.1 Å². The van der Waals surface area contributed by atoms with Crippen molar-refractivity contribution in [1.82, 2.24) is 4.72 Å². The molecule has 0 aliphatic rings. The van der Waals surface area contributed by atoms with E-state index in [4.69, 9.17) is 0 Å². The minimum Gasteiger partial charge on any atom is -0.242 e. The van der Waals surface area contributed by atoms with Crippen LogP contribution in [-0.2, 0) is 11.0 Å². The summed E-state index contributed by atoms with van der Waals surface area (Å²) in [7, 11) is -2.09. The molecule has 1 N–H and O–H groups in total. The van der Waals surface area contributed by atoms with Gasteiger partial charge in [0, 0.05) is 0 Å². The molecule has 0 aliphatic carbocycles. The van der Waals surface area contributed by atoms with Crippen molar-refractivity contribution in [2.45, 2.75) is 31.6 Å². The van der Waals surface area contributed by atoms with Crippen LogP contribution in [0.4, 0.5) is 0 Å². The van der Waals surface area contributed by atoms with Crippen LogP contribution in [0.15, 0.2) is 140 Å². The van der Waals surface area contributed by atoms with Crippen LogP contribution < -0.4 is 20.6 Å². The first kappa shape index (κ1) is 27.2. The van der Waals surface area contributed by atoms with Gasteiger partial charge < -0.3 is 0 Å². The van der Waals surface area contributed by atoms with Gasteiger partial charge in [0.25, 0.3) is 0 Å². The topological polar surface area (TPSA) is 29.1 Å². The van der Waals surface area contributed by atoms with Crippen molar-refractivity contribution in [2.24, 2.45) is 0 Å². The maximum Gasteiger partial charge on any atom is 0.0979 e. The molecule has 0 amide bonds. The number of rotatable bonds is 8. The third kappa shape index (κ3) is 6.45. The molecule has 0 unspecified atom stereocenters. The van der Waals surface area contributed by atoms with E-state index in [1.54, 1.807) is 0 Å². The molecule has 2 atom stereocenters. The number of benzene rings is 5. The Bertz CT molecular complexity index is 1480. The second kappa shape index (κ2) is 12.2. The van der Waals surface area contributed by atoms with E-state index in [1.807, 2.05) is 26.8 Å².